The second kappa shape index (κ2) is 10.5. The van der Waals surface area contributed by atoms with Crippen LogP contribution in [0.15, 0.2) is 57.3 Å². The van der Waals surface area contributed by atoms with Crippen LogP contribution in [-0.2, 0) is 6.54 Å². The first-order valence-corrected chi connectivity index (χ1v) is 11.1. The Morgan fingerprint density at radius 1 is 1.38 bits per heavy atom. The van der Waals surface area contributed by atoms with Crippen molar-refractivity contribution in [1.29, 1.82) is 5.26 Å². The van der Waals surface area contributed by atoms with Gasteiger partial charge < -0.3 is 0 Å². The third kappa shape index (κ3) is 5.66. The van der Waals surface area contributed by atoms with Crippen LogP contribution < -0.4 is 0 Å². The maximum Gasteiger partial charge on any atom is 0.101 e. The lowest BCUT2D eigenvalue weighted by Gasteiger charge is -2.10. The predicted octanol–water partition coefficient (Wildman–Crippen LogP) is 6.75. The lowest BCUT2D eigenvalue weighted by Crippen LogP contribution is -2.03. The number of halogens is 1. The molecule has 2 rings (SSSR count). The second-order valence-corrected chi connectivity index (χ2v) is 9.02. The molecule has 0 aliphatic carbocycles. The normalized spacial score (nSPS) is 11.2. The van der Waals surface area contributed by atoms with Crippen LogP contribution in [-0.4, -0.2) is 22.3 Å². The third-order valence-corrected chi connectivity index (χ3v) is 6.08. The first-order valence-electron chi connectivity index (χ1n) is 8.89. The average molecular weight is 443 g/mol. The summed E-state index contributed by atoms with van der Waals surface area (Å²) in [6, 6.07) is 7.53. The molecule has 0 saturated carbocycles. The number of aryl methyl sites for hydroxylation is 1. The zero-order valence-electron chi connectivity index (χ0n) is 16.8. The van der Waals surface area contributed by atoms with Gasteiger partial charge in [-0.15, -0.1) is 11.8 Å². The van der Waals surface area contributed by atoms with Crippen molar-refractivity contribution in [3.8, 4) is 17.2 Å². The molecule has 1 aromatic heterocycles. The molecule has 0 aliphatic rings. The molecule has 0 unspecified atom stereocenters. The van der Waals surface area contributed by atoms with Gasteiger partial charge in [0.1, 0.15) is 6.07 Å². The van der Waals surface area contributed by atoms with Gasteiger partial charge in [-0.05, 0) is 49.4 Å². The fourth-order valence-electron chi connectivity index (χ4n) is 2.81. The largest absolute Gasteiger partial charge is 0.264 e. The summed E-state index contributed by atoms with van der Waals surface area (Å²) in [6.07, 6.45) is 0. The molecule has 0 radical (unpaired) electrons. The van der Waals surface area contributed by atoms with E-state index >= 15 is 0 Å². The third-order valence-electron chi connectivity index (χ3n) is 4.17. The highest BCUT2D eigenvalue weighted by Crippen LogP contribution is 2.34. The molecule has 0 aliphatic heterocycles. The lowest BCUT2D eigenvalue weighted by atomic mass is 10.0. The van der Waals surface area contributed by atoms with Gasteiger partial charge in [0, 0.05) is 21.1 Å². The maximum absolute atomic E-state index is 9.08. The Bertz CT molecular complexity index is 1030. The molecule has 0 amide bonds. The molecule has 4 nitrogen and oxygen atoms in total. The highest BCUT2D eigenvalue weighted by Gasteiger charge is 2.16. The first-order chi connectivity index (χ1) is 13.8. The van der Waals surface area contributed by atoms with E-state index in [1.54, 1.807) is 17.8 Å². The summed E-state index contributed by atoms with van der Waals surface area (Å²) in [6.45, 7) is 18.5. The standard InChI is InChI=1S/C22H23ClN4S2/c1-7-28-13-21(25-6)17(5)29-14(2)12-27-16(4)22(15(3)26-27)18-8-9-19(11-24)20(23)10-18/h8-10,13H,2,5-7,12H2,1,3-4H3/b21-13-. The van der Waals surface area contributed by atoms with Crippen molar-refractivity contribution in [2.24, 2.45) is 4.99 Å². The first kappa shape index (κ1) is 23.1. The van der Waals surface area contributed by atoms with Crippen molar-refractivity contribution in [2.75, 3.05) is 5.75 Å². The molecule has 29 heavy (non-hydrogen) atoms. The van der Waals surface area contributed by atoms with E-state index in [9.17, 15) is 0 Å². The van der Waals surface area contributed by atoms with Gasteiger partial charge in [-0.3, -0.25) is 9.67 Å². The summed E-state index contributed by atoms with van der Waals surface area (Å²) < 4.78 is 1.92. The number of benzene rings is 1. The molecule has 0 saturated heterocycles. The van der Waals surface area contributed by atoms with E-state index in [1.807, 2.05) is 36.1 Å². The molecule has 2 aromatic rings. The van der Waals surface area contributed by atoms with Crippen LogP contribution in [0.2, 0.25) is 5.02 Å². The number of allylic oxidation sites excluding steroid dienone is 1. The molecule has 0 fully saturated rings. The Hall–Kier alpha value is -2.20. The van der Waals surface area contributed by atoms with Crippen LogP contribution in [0.4, 0.5) is 0 Å². The summed E-state index contributed by atoms with van der Waals surface area (Å²) in [4.78, 5) is 5.77. The number of aliphatic imine (C=N–C) groups is 1. The van der Waals surface area contributed by atoms with Crippen molar-refractivity contribution in [1.82, 2.24) is 9.78 Å². The average Bonchev–Trinajstić information content (AvgIpc) is 2.95. The van der Waals surface area contributed by atoms with Crippen LogP contribution in [0.25, 0.3) is 11.1 Å². The van der Waals surface area contributed by atoms with E-state index in [0.29, 0.717) is 17.1 Å². The zero-order chi connectivity index (χ0) is 21.6. The SMILES string of the molecule is C=N/C(=C\SCC)C(=C)SC(=C)Cn1nc(C)c(-c2ccc(C#N)c(Cl)c2)c1C. The van der Waals surface area contributed by atoms with E-state index in [2.05, 4.69) is 43.0 Å². The van der Waals surface area contributed by atoms with E-state index < -0.39 is 0 Å². The monoisotopic (exact) mass is 442 g/mol. The zero-order valence-corrected chi connectivity index (χ0v) is 19.2. The molecule has 0 atom stereocenters. The number of nitrogens with zero attached hydrogens (tertiary/aromatic N) is 4. The minimum atomic E-state index is 0.439. The van der Waals surface area contributed by atoms with Gasteiger partial charge in [0.2, 0.25) is 0 Å². The summed E-state index contributed by atoms with van der Waals surface area (Å²) in [5.74, 6) is 0.964. The van der Waals surface area contributed by atoms with Crippen molar-refractivity contribution in [3.63, 3.8) is 0 Å². The van der Waals surface area contributed by atoms with Crippen LogP contribution in [0, 0.1) is 25.2 Å². The van der Waals surface area contributed by atoms with E-state index in [1.165, 1.54) is 11.8 Å². The number of nitriles is 1. The Morgan fingerprint density at radius 3 is 2.69 bits per heavy atom. The second-order valence-electron chi connectivity index (χ2n) is 6.19. The van der Waals surface area contributed by atoms with Gasteiger partial charge in [0.25, 0.3) is 0 Å². The van der Waals surface area contributed by atoms with Gasteiger partial charge in [0.15, 0.2) is 0 Å². The highest BCUT2D eigenvalue weighted by atomic mass is 35.5. The summed E-state index contributed by atoms with van der Waals surface area (Å²) in [7, 11) is 0. The van der Waals surface area contributed by atoms with E-state index in [-0.39, 0.29) is 0 Å². The van der Waals surface area contributed by atoms with Crippen molar-refractivity contribution >= 4 is 41.8 Å². The molecule has 150 valence electrons. The number of thioether (sulfide) groups is 2. The van der Waals surface area contributed by atoms with E-state index in [4.69, 9.17) is 16.9 Å². The number of aromatic nitrogens is 2. The quantitative estimate of drug-likeness (QED) is 0.318. The van der Waals surface area contributed by atoms with Gasteiger partial charge in [-0.25, -0.2) is 0 Å². The fourth-order valence-corrected chi connectivity index (χ4v) is 4.41. The Labute approximate surface area is 186 Å². The molecule has 0 N–H and O–H groups in total. The molecule has 0 bridgehead atoms. The Kier molecular flexibility index (Phi) is 8.39. The topological polar surface area (TPSA) is 54.0 Å². The van der Waals surface area contributed by atoms with Crippen LogP contribution >= 0.6 is 35.1 Å². The van der Waals surface area contributed by atoms with Gasteiger partial charge >= 0.3 is 0 Å². The molecule has 7 heteroatoms. The van der Waals surface area contributed by atoms with Gasteiger partial charge in [-0.2, -0.15) is 10.4 Å². The Balaban J connectivity index is 2.21. The van der Waals surface area contributed by atoms with E-state index in [0.717, 1.165) is 43.8 Å². The van der Waals surface area contributed by atoms with Crippen molar-refractivity contribution in [3.05, 3.63) is 74.2 Å². The van der Waals surface area contributed by atoms with Crippen LogP contribution in [0.5, 0.6) is 0 Å². The maximum atomic E-state index is 9.08. The Morgan fingerprint density at radius 2 is 2.10 bits per heavy atom. The summed E-state index contributed by atoms with van der Waals surface area (Å²) in [5, 5.41) is 16.2. The van der Waals surface area contributed by atoms with Crippen molar-refractivity contribution in [2.45, 2.75) is 27.3 Å². The molecular weight excluding hydrogens is 420 g/mol. The van der Waals surface area contributed by atoms with Crippen LogP contribution in [0.3, 0.4) is 0 Å². The van der Waals surface area contributed by atoms with Crippen molar-refractivity contribution < 1.29 is 0 Å². The number of hydrogen-bond donors (Lipinski definition) is 0. The minimum Gasteiger partial charge on any atom is -0.264 e. The lowest BCUT2D eigenvalue weighted by molar-refractivity contribution is 0.668. The summed E-state index contributed by atoms with van der Waals surface area (Å²) >= 11 is 9.36. The highest BCUT2D eigenvalue weighted by molar-refractivity contribution is 8.07. The van der Waals surface area contributed by atoms with Crippen LogP contribution in [0.1, 0.15) is 23.9 Å². The predicted molar refractivity (Wildman–Crippen MR) is 128 cm³/mol. The van der Waals surface area contributed by atoms with Gasteiger partial charge in [-0.1, -0.05) is 49.5 Å². The summed E-state index contributed by atoms with van der Waals surface area (Å²) in [5.41, 5.74) is 5.09. The fraction of sp³-hybridized carbons (Fsp3) is 0.227. The van der Waals surface area contributed by atoms with Gasteiger partial charge in [0.05, 0.1) is 28.5 Å². The molecule has 1 heterocycles. The minimum absolute atomic E-state index is 0.439. The smallest absolute Gasteiger partial charge is 0.101 e. The number of rotatable bonds is 9. The number of hydrogen-bond acceptors (Lipinski definition) is 5. The molecule has 0 spiro atoms. The molecular formula is C22H23ClN4S2. The molecule has 1 aromatic carbocycles.